The summed E-state index contributed by atoms with van der Waals surface area (Å²) >= 11 is 0. The van der Waals surface area contributed by atoms with E-state index in [0.29, 0.717) is 10.8 Å². The summed E-state index contributed by atoms with van der Waals surface area (Å²) in [5, 5.41) is 0. The largest absolute Gasteiger partial charge is 0.462 e. The van der Waals surface area contributed by atoms with E-state index in [0.717, 1.165) is 54.9 Å². The van der Waals surface area contributed by atoms with Crippen LogP contribution in [0.5, 0.6) is 0 Å². The molecule has 0 heterocycles. The molecule has 4 aliphatic carbocycles. The number of hydrogen-bond donors (Lipinski definition) is 0. The van der Waals surface area contributed by atoms with E-state index in [1.165, 1.54) is 57.8 Å². The van der Waals surface area contributed by atoms with E-state index in [4.69, 9.17) is 4.74 Å². The summed E-state index contributed by atoms with van der Waals surface area (Å²) in [6.45, 7) is 15.3. The summed E-state index contributed by atoms with van der Waals surface area (Å²) < 4.78 is 5.76. The van der Waals surface area contributed by atoms with Crippen molar-refractivity contribution in [2.45, 2.75) is 118 Å². The van der Waals surface area contributed by atoms with Gasteiger partial charge in [-0.15, -0.1) is 0 Å². The molecule has 3 nitrogen and oxygen atoms in total. The molecule has 3 saturated carbocycles. The summed E-state index contributed by atoms with van der Waals surface area (Å²) in [4.78, 5) is 14.1. The lowest BCUT2D eigenvalue weighted by atomic mass is 9.46. The van der Waals surface area contributed by atoms with Gasteiger partial charge in [0.05, 0.1) is 0 Å². The van der Waals surface area contributed by atoms with Crippen LogP contribution in [0.15, 0.2) is 11.1 Å². The summed E-state index contributed by atoms with van der Waals surface area (Å²) in [6.07, 6.45) is 14.5. The molecule has 0 N–H and O–H groups in total. The third-order valence-electron chi connectivity index (χ3n) is 11.3. The Labute approximate surface area is 216 Å². The SMILES string of the molecule is CC(=O)O[C@H]1CC[C@@]2(C)C(=C(CN(C)C)C[C@H]3[C@@H]4CC[C@H]([C@H](C)CCCC(C)C)[C@@]4(C)CC[C@@H]32)C1. The van der Waals surface area contributed by atoms with E-state index in [1.54, 1.807) is 18.1 Å². The third-order valence-corrected chi connectivity index (χ3v) is 11.3. The lowest BCUT2D eigenvalue weighted by Crippen LogP contribution is -2.52. The normalized spacial score (nSPS) is 39.9. The second-order valence-corrected chi connectivity index (χ2v) is 14.3. The number of carbonyl (C=O) groups is 1. The van der Waals surface area contributed by atoms with Crippen LogP contribution in [0.1, 0.15) is 112 Å². The van der Waals surface area contributed by atoms with Crippen molar-refractivity contribution in [3.8, 4) is 0 Å². The molecular formula is C32H55NO2. The lowest BCUT2D eigenvalue weighted by Gasteiger charge is -2.59. The van der Waals surface area contributed by atoms with Crippen molar-refractivity contribution in [3.05, 3.63) is 11.1 Å². The standard InChI is InChI=1S/C32H55NO2/c1-21(2)10-9-11-22(3)27-12-13-28-26-18-24(20-33(7)8)30-19-25(35-23(4)34)14-16-32(30,6)29(26)15-17-31(27,28)5/h21-22,25-29H,9-20H2,1-8H3/t22-,25+,26+,27-,28+,29+,31-,32-/m1/s1. The fourth-order valence-corrected chi connectivity index (χ4v) is 9.80. The minimum atomic E-state index is -0.116. The third kappa shape index (κ3) is 5.27. The predicted octanol–water partition coefficient (Wildman–Crippen LogP) is 7.89. The summed E-state index contributed by atoms with van der Waals surface area (Å²) in [7, 11) is 4.44. The molecule has 0 aromatic heterocycles. The molecule has 0 amide bonds. The number of fused-ring (bicyclic) bond motifs is 5. The van der Waals surface area contributed by atoms with E-state index in [1.807, 2.05) is 0 Å². The van der Waals surface area contributed by atoms with Crippen molar-refractivity contribution in [2.75, 3.05) is 20.6 Å². The Bertz CT molecular complexity index is 799. The monoisotopic (exact) mass is 485 g/mol. The Morgan fingerprint density at radius 2 is 1.74 bits per heavy atom. The molecule has 0 spiro atoms. The molecule has 4 rings (SSSR count). The van der Waals surface area contributed by atoms with Gasteiger partial charge in [0, 0.05) is 19.9 Å². The summed E-state index contributed by atoms with van der Waals surface area (Å²) in [6, 6.07) is 0. The highest BCUT2D eigenvalue weighted by Crippen LogP contribution is 2.68. The molecule has 3 heteroatoms. The summed E-state index contributed by atoms with van der Waals surface area (Å²) in [5.41, 5.74) is 4.19. The van der Waals surface area contributed by atoms with Crippen LogP contribution in [0.2, 0.25) is 0 Å². The van der Waals surface area contributed by atoms with E-state index in [9.17, 15) is 4.79 Å². The maximum atomic E-state index is 11.7. The maximum absolute atomic E-state index is 11.7. The number of carbonyl (C=O) groups excluding carboxylic acids is 1. The van der Waals surface area contributed by atoms with Crippen molar-refractivity contribution in [1.29, 1.82) is 0 Å². The van der Waals surface area contributed by atoms with Gasteiger partial charge < -0.3 is 9.64 Å². The zero-order valence-electron chi connectivity index (χ0n) is 24.3. The number of esters is 1. The first kappa shape index (κ1) is 27.2. The highest BCUT2D eigenvalue weighted by atomic mass is 16.5. The predicted molar refractivity (Wildman–Crippen MR) is 146 cm³/mol. The second kappa shape index (κ2) is 10.5. The van der Waals surface area contributed by atoms with E-state index in [-0.39, 0.29) is 12.1 Å². The molecule has 0 radical (unpaired) electrons. The first-order chi connectivity index (χ1) is 16.5. The fraction of sp³-hybridized carbons (Fsp3) is 0.906. The van der Waals surface area contributed by atoms with Gasteiger partial charge in [-0.2, -0.15) is 0 Å². The maximum Gasteiger partial charge on any atom is 0.302 e. The molecule has 4 aliphatic rings. The quantitative estimate of drug-likeness (QED) is 0.258. The molecule has 3 fully saturated rings. The van der Waals surface area contributed by atoms with E-state index < -0.39 is 0 Å². The van der Waals surface area contributed by atoms with Gasteiger partial charge in [0.2, 0.25) is 0 Å². The number of likely N-dealkylation sites (N-methyl/N-ethyl adjacent to an activating group) is 1. The first-order valence-corrected chi connectivity index (χ1v) is 15.0. The van der Waals surface area contributed by atoms with Gasteiger partial charge in [0.25, 0.3) is 0 Å². The summed E-state index contributed by atoms with van der Waals surface area (Å²) in [5.74, 6) is 5.04. The Morgan fingerprint density at radius 3 is 2.40 bits per heavy atom. The van der Waals surface area contributed by atoms with E-state index >= 15 is 0 Å². The van der Waals surface area contributed by atoms with Crippen LogP contribution >= 0.6 is 0 Å². The van der Waals surface area contributed by atoms with Crippen molar-refractivity contribution in [2.24, 2.45) is 46.3 Å². The molecule has 0 aliphatic heterocycles. The van der Waals surface area contributed by atoms with Crippen LogP contribution in [0.25, 0.3) is 0 Å². The highest BCUT2D eigenvalue weighted by Gasteiger charge is 2.60. The minimum Gasteiger partial charge on any atom is -0.462 e. The number of hydrogen-bond acceptors (Lipinski definition) is 3. The molecular weight excluding hydrogens is 430 g/mol. The lowest BCUT2D eigenvalue weighted by molar-refractivity contribution is -0.148. The van der Waals surface area contributed by atoms with Gasteiger partial charge in [-0.25, -0.2) is 0 Å². The van der Waals surface area contributed by atoms with Gasteiger partial charge in [0.15, 0.2) is 0 Å². The molecule has 200 valence electrons. The first-order valence-electron chi connectivity index (χ1n) is 15.0. The number of ether oxygens (including phenoxy) is 1. The van der Waals surface area contributed by atoms with Gasteiger partial charge in [-0.3, -0.25) is 4.79 Å². The van der Waals surface area contributed by atoms with Crippen LogP contribution in [-0.4, -0.2) is 37.6 Å². The molecule has 8 atom stereocenters. The minimum absolute atomic E-state index is 0.0840. The molecule has 0 unspecified atom stereocenters. The smallest absolute Gasteiger partial charge is 0.302 e. The highest BCUT2D eigenvalue weighted by molar-refractivity contribution is 5.66. The Balaban J connectivity index is 1.58. The van der Waals surface area contributed by atoms with Crippen molar-refractivity contribution in [1.82, 2.24) is 4.90 Å². The number of nitrogens with zero attached hydrogens (tertiary/aromatic N) is 1. The average Bonchev–Trinajstić information content (AvgIpc) is 3.11. The van der Waals surface area contributed by atoms with Gasteiger partial charge in [-0.05, 0) is 105 Å². The molecule has 0 bridgehead atoms. The Kier molecular flexibility index (Phi) is 8.17. The Hall–Kier alpha value is -0.830. The fourth-order valence-electron chi connectivity index (χ4n) is 9.80. The van der Waals surface area contributed by atoms with Crippen LogP contribution < -0.4 is 0 Å². The van der Waals surface area contributed by atoms with Crippen LogP contribution in [0.3, 0.4) is 0 Å². The van der Waals surface area contributed by atoms with Gasteiger partial charge >= 0.3 is 5.97 Å². The topological polar surface area (TPSA) is 29.5 Å². The van der Waals surface area contributed by atoms with E-state index in [2.05, 4.69) is 53.6 Å². The van der Waals surface area contributed by atoms with Gasteiger partial charge in [0.1, 0.15) is 6.10 Å². The molecule has 35 heavy (non-hydrogen) atoms. The van der Waals surface area contributed by atoms with Crippen molar-refractivity contribution < 1.29 is 9.53 Å². The van der Waals surface area contributed by atoms with Gasteiger partial charge in [-0.1, -0.05) is 65.0 Å². The Morgan fingerprint density at radius 1 is 1.00 bits per heavy atom. The average molecular weight is 486 g/mol. The second-order valence-electron chi connectivity index (χ2n) is 14.3. The molecule has 0 aromatic carbocycles. The number of rotatable bonds is 8. The molecule has 0 aromatic rings. The van der Waals surface area contributed by atoms with Crippen LogP contribution in [-0.2, 0) is 9.53 Å². The van der Waals surface area contributed by atoms with Crippen molar-refractivity contribution >= 4 is 5.97 Å². The molecule has 0 saturated heterocycles. The zero-order valence-corrected chi connectivity index (χ0v) is 24.3. The zero-order chi connectivity index (χ0) is 25.5. The van der Waals surface area contributed by atoms with Crippen molar-refractivity contribution in [3.63, 3.8) is 0 Å². The van der Waals surface area contributed by atoms with Crippen LogP contribution in [0.4, 0.5) is 0 Å². The van der Waals surface area contributed by atoms with Crippen LogP contribution in [0, 0.1) is 46.3 Å².